The number of pyridine rings is 3. The fourth-order valence-corrected chi connectivity index (χ4v) is 6.57. The van der Waals surface area contributed by atoms with Crippen molar-refractivity contribution in [3.8, 4) is 22.6 Å². The summed E-state index contributed by atoms with van der Waals surface area (Å²) in [5, 5.41) is 4.32. The number of methoxy groups -OCH3 is 2. The Labute approximate surface area is 308 Å². The van der Waals surface area contributed by atoms with Crippen molar-refractivity contribution in [2.45, 2.75) is 19.4 Å². The number of ether oxygens (including phenoxy) is 3. The normalized spacial score (nSPS) is 13.9. The minimum Gasteiger partial charge on any atom is -0.497 e. The molecule has 1 N–H and O–H groups in total. The molecule has 270 valence electrons. The van der Waals surface area contributed by atoms with E-state index in [0.717, 1.165) is 35.3 Å². The van der Waals surface area contributed by atoms with Gasteiger partial charge in [0.15, 0.2) is 5.78 Å². The van der Waals surface area contributed by atoms with Crippen LogP contribution in [0.15, 0.2) is 90.0 Å². The number of hydrogen-bond donors (Lipinski definition) is 1. The molecule has 1 unspecified atom stereocenters. The van der Waals surface area contributed by atoms with Crippen LogP contribution < -0.4 is 25.2 Å². The number of anilines is 3. The van der Waals surface area contributed by atoms with E-state index in [1.54, 1.807) is 42.1 Å². The zero-order valence-electron chi connectivity index (χ0n) is 30.1. The van der Waals surface area contributed by atoms with E-state index < -0.39 is 6.04 Å². The minimum atomic E-state index is -0.443. The summed E-state index contributed by atoms with van der Waals surface area (Å²) in [6.45, 7) is 5.67. The summed E-state index contributed by atoms with van der Waals surface area (Å²) in [5.41, 5.74) is 3.97. The molecule has 0 saturated carbocycles. The molecule has 12 heteroatoms. The van der Waals surface area contributed by atoms with E-state index in [4.69, 9.17) is 30.8 Å². The molecule has 1 aliphatic heterocycles. The second-order valence-corrected chi connectivity index (χ2v) is 13.3. The highest BCUT2D eigenvalue weighted by Crippen LogP contribution is 2.39. The van der Waals surface area contributed by atoms with Gasteiger partial charge < -0.3 is 33.9 Å². The number of benzene rings is 2. The number of rotatable bonds is 13. The number of nitrogens with zero attached hydrogens (tertiary/aromatic N) is 5. The second-order valence-electron chi connectivity index (χ2n) is 12.9. The molecule has 1 fully saturated rings. The third kappa shape index (κ3) is 8.28. The van der Waals surface area contributed by atoms with Gasteiger partial charge in [-0.25, -0.2) is 9.97 Å². The van der Waals surface area contributed by atoms with Crippen LogP contribution in [-0.2, 0) is 16.0 Å². The van der Waals surface area contributed by atoms with Crippen LogP contribution in [0.25, 0.3) is 22.0 Å². The molecule has 0 amide bonds. The number of carbonyl (C=O) groups is 1. The van der Waals surface area contributed by atoms with Crippen LogP contribution in [0.2, 0.25) is 5.02 Å². The van der Waals surface area contributed by atoms with Gasteiger partial charge in [-0.05, 0) is 62.5 Å². The molecule has 11 nitrogen and oxygen atoms in total. The molecule has 4 heterocycles. The van der Waals surface area contributed by atoms with E-state index in [2.05, 4.69) is 15.2 Å². The molecule has 2 aromatic carbocycles. The Kier molecular flexibility index (Phi) is 11.5. The SMILES string of the molecule is COc1cc(OC)c(Cl)c(-c2cc3cnc(Nc4ccc(N5CCOCC5)cn4)cc3n(C(C)c3cccc(CC(=O)/C=C/CN(C)C)c3)c2=O)c1. The Morgan fingerprint density at radius 1 is 1.00 bits per heavy atom. The number of likely N-dealkylation sites (N-methyl/N-ethyl adjacent to an activating group) is 1. The largest absolute Gasteiger partial charge is 0.497 e. The Morgan fingerprint density at radius 3 is 2.50 bits per heavy atom. The van der Waals surface area contributed by atoms with Gasteiger partial charge in [0.25, 0.3) is 5.56 Å². The lowest BCUT2D eigenvalue weighted by atomic mass is 9.99. The van der Waals surface area contributed by atoms with E-state index in [1.807, 2.05) is 80.7 Å². The zero-order chi connectivity index (χ0) is 36.8. The number of aromatic nitrogens is 3. The molecule has 6 rings (SSSR count). The summed E-state index contributed by atoms with van der Waals surface area (Å²) in [7, 11) is 6.97. The minimum absolute atomic E-state index is 0.00580. The van der Waals surface area contributed by atoms with Crippen molar-refractivity contribution in [1.29, 1.82) is 0 Å². The smallest absolute Gasteiger partial charge is 0.259 e. The fourth-order valence-electron chi connectivity index (χ4n) is 6.28. The summed E-state index contributed by atoms with van der Waals surface area (Å²) in [4.78, 5) is 41.1. The predicted octanol–water partition coefficient (Wildman–Crippen LogP) is 6.55. The van der Waals surface area contributed by atoms with E-state index in [0.29, 0.717) is 64.6 Å². The number of hydrogen-bond acceptors (Lipinski definition) is 10. The van der Waals surface area contributed by atoms with Gasteiger partial charge >= 0.3 is 0 Å². The van der Waals surface area contributed by atoms with Crippen molar-refractivity contribution in [3.05, 3.63) is 112 Å². The van der Waals surface area contributed by atoms with Gasteiger partial charge in [-0.2, -0.15) is 0 Å². The number of carbonyl (C=O) groups excluding carboxylic acids is 1. The molecule has 1 saturated heterocycles. The van der Waals surface area contributed by atoms with Crippen LogP contribution in [0, 0.1) is 0 Å². The molecule has 0 radical (unpaired) electrons. The van der Waals surface area contributed by atoms with Crippen LogP contribution in [-0.4, -0.2) is 86.4 Å². The maximum Gasteiger partial charge on any atom is 0.259 e. The van der Waals surface area contributed by atoms with Gasteiger partial charge in [-0.15, -0.1) is 0 Å². The van der Waals surface area contributed by atoms with Crippen molar-refractivity contribution in [2.75, 3.05) is 71.4 Å². The summed E-state index contributed by atoms with van der Waals surface area (Å²) >= 11 is 6.83. The molecule has 0 bridgehead atoms. The van der Waals surface area contributed by atoms with Crippen LogP contribution in [0.1, 0.15) is 24.1 Å². The standard InChI is InChI=1S/C40H43ClN6O5/c1-26(28-9-6-8-27(18-28)19-31(48)10-7-13-45(2)3)47-35-23-38(44-37-12-11-30(25-43-37)46-14-16-52-17-15-46)42-24-29(35)20-34(40(47)49)33-21-32(50-4)22-36(51-5)39(33)41/h6-12,18,20-26H,13-17,19H2,1-5H3,(H,42,43,44)/b10-7+. The lowest BCUT2D eigenvalue weighted by molar-refractivity contribution is -0.114. The summed E-state index contributed by atoms with van der Waals surface area (Å²) < 4.78 is 18.3. The van der Waals surface area contributed by atoms with Gasteiger partial charge in [0.2, 0.25) is 0 Å². The maximum absolute atomic E-state index is 14.7. The Bertz CT molecular complexity index is 2140. The third-order valence-corrected chi connectivity index (χ3v) is 9.42. The Hall–Kier alpha value is -5.23. The van der Waals surface area contributed by atoms with Crippen molar-refractivity contribution < 1.29 is 19.0 Å². The molecular formula is C40H43ClN6O5. The highest BCUT2D eigenvalue weighted by atomic mass is 35.5. The number of allylic oxidation sites excluding steroid dienone is 1. The first-order valence-electron chi connectivity index (χ1n) is 17.1. The van der Waals surface area contributed by atoms with Crippen molar-refractivity contribution >= 4 is 45.6 Å². The molecular weight excluding hydrogens is 680 g/mol. The highest BCUT2D eigenvalue weighted by molar-refractivity contribution is 6.35. The monoisotopic (exact) mass is 722 g/mol. The number of nitrogens with one attached hydrogen (secondary N) is 1. The Morgan fingerprint density at radius 2 is 1.79 bits per heavy atom. The second kappa shape index (κ2) is 16.4. The lowest BCUT2D eigenvalue weighted by Gasteiger charge is -2.28. The van der Waals surface area contributed by atoms with Crippen LogP contribution in [0.3, 0.4) is 0 Å². The van der Waals surface area contributed by atoms with Gasteiger partial charge in [0.1, 0.15) is 23.1 Å². The lowest BCUT2D eigenvalue weighted by Crippen LogP contribution is -2.36. The van der Waals surface area contributed by atoms with Crippen molar-refractivity contribution in [2.24, 2.45) is 0 Å². The van der Waals surface area contributed by atoms with Gasteiger partial charge in [-0.1, -0.05) is 41.9 Å². The quantitative estimate of drug-likeness (QED) is 0.134. The number of ketones is 1. The zero-order valence-corrected chi connectivity index (χ0v) is 30.8. The van der Waals surface area contributed by atoms with Gasteiger partial charge in [-0.3, -0.25) is 9.59 Å². The van der Waals surface area contributed by atoms with E-state index in [1.165, 1.54) is 7.11 Å². The van der Waals surface area contributed by atoms with Gasteiger partial charge in [0, 0.05) is 60.9 Å². The third-order valence-electron chi connectivity index (χ3n) is 9.03. The molecule has 1 aliphatic rings. The van der Waals surface area contributed by atoms with Crippen molar-refractivity contribution in [1.82, 2.24) is 19.4 Å². The summed E-state index contributed by atoms with van der Waals surface area (Å²) in [5.74, 6) is 2.03. The number of fused-ring (bicyclic) bond motifs is 1. The number of morpholine rings is 1. The summed E-state index contributed by atoms with van der Waals surface area (Å²) in [6.07, 6.45) is 7.29. The average Bonchev–Trinajstić information content (AvgIpc) is 3.15. The van der Waals surface area contributed by atoms with Crippen LogP contribution >= 0.6 is 11.6 Å². The first-order chi connectivity index (χ1) is 25.1. The molecule has 0 spiro atoms. The maximum atomic E-state index is 14.7. The van der Waals surface area contributed by atoms with Crippen LogP contribution in [0.4, 0.5) is 17.3 Å². The predicted molar refractivity (Wildman–Crippen MR) is 207 cm³/mol. The summed E-state index contributed by atoms with van der Waals surface area (Å²) in [6, 6.07) is 18.3. The molecule has 0 aliphatic carbocycles. The van der Waals surface area contributed by atoms with E-state index in [9.17, 15) is 9.59 Å². The molecule has 1 atom stereocenters. The fraction of sp³-hybridized carbons (Fsp3) is 0.300. The molecule has 3 aromatic heterocycles. The highest BCUT2D eigenvalue weighted by Gasteiger charge is 2.22. The topological polar surface area (TPSA) is 111 Å². The average molecular weight is 723 g/mol. The van der Waals surface area contributed by atoms with E-state index >= 15 is 0 Å². The first-order valence-corrected chi connectivity index (χ1v) is 17.5. The van der Waals surface area contributed by atoms with Crippen molar-refractivity contribution in [3.63, 3.8) is 0 Å². The van der Waals surface area contributed by atoms with E-state index in [-0.39, 0.29) is 17.8 Å². The number of halogens is 1. The Balaban J connectivity index is 1.42. The molecule has 5 aromatic rings. The van der Waals surface area contributed by atoms with Gasteiger partial charge in [0.05, 0.1) is 55.9 Å². The first kappa shape index (κ1) is 36.6. The van der Waals surface area contributed by atoms with Crippen LogP contribution in [0.5, 0.6) is 11.5 Å². The molecule has 52 heavy (non-hydrogen) atoms.